The lowest BCUT2D eigenvalue weighted by Crippen LogP contribution is -2.46. The van der Waals surface area contributed by atoms with Crippen LogP contribution in [0, 0.1) is 0 Å². The van der Waals surface area contributed by atoms with Crippen molar-refractivity contribution in [3.05, 3.63) is 30.1 Å². The molecule has 1 unspecified atom stereocenters. The molecule has 94 valence electrons. The summed E-state index contributed by atoms with van der Waals surface area (Å²) in [6.45, 7) is 7.49. The Morgan fingerprint density at radius 1 is 1.59 bits per heavy atom. The molecule has 4 heteroatoms. The molecular weight excluding hydrogens is 214 g/mol. The van der Waals surface area contributed by atoms with Crippen molar-refractivity contribution in [3.63, 3.8) is 0 Å². The molecule has 4 nitrogen and oxygen atoms in total. The molecule has 0 spiro atoms. The number of pyridine rings is 1. The molecule has 1 atom stereocenters. The third-order valence-corrected chi connectivity index (χ3v) is 3.03. The first-order valence-electron chi connectivity index (χ1n) is 6.09. The van der Waals surface area contributed by atoms with Gasteiger partial charge in [-0.3, -0.25) is 9.88 Å². The minimum absolute atomic E-state index is 0.0414. The molecule has 2 N–H and O–H groups in total. The van der Waals surface area contributed by atoms with E-state index in [4.69, 9.17) is 0 Å². The van der Waals surface area contributed by atoms with Gasteiger partial charge in [-0.1, -0.05) is 6.07 Å². The summed E-state index contributed by atoms with van der Waals surface area (Å²) in [7, 11) is 0. The van der Waals surface area contributed by atoms with Crippen LogP contribution in [0.1, 0.15) is 19.4 Å². The average molecular weight is 235 g/mol. The highest BCUT2D eigenvalue weighted by atomic mass is 16.3. The molecule has 0 radical (unpaired) electrons. The summed E-state index contributed by atoms with van der Waals surface area (Å²) in [5, 5.41) is 13.2. The smallest absolute Gasteiger partial charge is 0.0791 e. The fourth-order valence-electron chi connectivity index (χ4n) is 2.31. The zero-order valence-electron chi connectivity index (χ0n) is 10.6. The first kappa shape index (κ1) is 12.5. The molecular formula is C13H21N3O. The number of nitrogens with one attached hydrogen (secondary N) is 1. The van der Waals surface area contributed by atoms with Gasteiger partial charge in [0.05, 0.1) is 6.10 Å². The van der Waals surface area contributed by atoms with Crippen LogP contribution in [0.3, 0.4) is 0 Å². The Morgan fingerprint density at radius 2 is 2.41 bits per heavy atom. The third kappa shape index (κ3) is 3.77. The van der Waals surface area contributed by atoms with Crippen LogP contribution in [0.2, 0.25) is 0 Å². The Balaban J connectivity index is 2.03. The lowest BCUT2D eigenvalue weighted by molar-refractivity contribution is 0.125. The summed E-state index contributed by atoms with van der Waals surface area (Å²) >= 11 is 0. The summed E-state index contributed by atoms with van der Waals surface area (Å²) in [6, 6.07) is 4.03. The van der Waals surface area contributed by atoms with Crippen LogP contribution in [0.15, 0.2) is 24.5 Å². The minimum atomic E-state index is -0.298. The van der Waals surface area contributed by atoms with E-state index in [2.05, 4.69) is 35.1 Å². The Hall–Kier alpha value is -0.970. The zero-order valence-corrected chi connectivity index (χ0v) is 10.6. The van der Waals surface area contributed by atoms with Gasteiger partial charge in [0.15, 0.2) is 0 Å². The highest BCUT2D eigenvalue weighted by Crippen LogP contribution is 2.13. The number of β-amino-alcohol motifs (C(OH)–C–C–N with tert-alkyl or cyclic N) is 1. The van der Waals surface area contributed by atoms with E-state index in [1.54, 1.807) is 6.20 Å². The zero-order chi connectivity index (χ0) is 12.3. The van der Waals surface area contributed by atoms with E-state index in [1.165, 1.54) is 5.56 Å². The number of hydrogen-bond donors (Lipinski definition) is 2. The fourth-order valence-corrected chi connectivity index (χ4v) is 2.31. The van der Waals surface area contributed by atoms with Crippen LogP contribution in [0.4, 0.5) is 0 Å². The van der Waals surface area contributed by atoms with Gasteiger partial charge in [-0.25, -0.2) is 0 Å². The maximum Gasteiger partial charge on any atom is 0.0791 e. The summed E-state index contributed by atoms with van der Waals surface area (Å²) in [5.74, 6) is 0. The van der Waals surface area contributed by atoms with Crippen molar-refractivity contribution in [3.8, 4) is 0 Å². The average Bonchev–Trinajstić information content (AvgIpc) is 2.39. The SMILES string of the molecule is CC1(C)CN(Cc2cccnc2)CC(O)CN1. The summed E-state index contributed by atoms with van der Waals surface area (Å²) in [5.41, 5.74) is 1.23. The quantitative estimate of drug-likeness (QED) is 0.789. The number of aliphatic hydroxyl groups is 1. The molecule has 0 aliphatic carbocycles. The van der Waals surface area contributed by atoms with Crippen molar-refractivity contribution in [2.75, 3.05) is 19.6 Å². The second-order valence-corrected chi connectivity index (χ2v) is 5.45. The van der Waals surface area contributed by atoms with Crippen molar-refractivity contribution in [2.24, 2.45) is 0 Å². The normalized spacial score (nSPS) is 25.5. The van der Waals surface area contributed by atoms with E-state index in [-0.39, 0.29) is 11.6 Å². The second-order valence-electron chi connectivity index (χ2n) is 5.45. The van der Waals surface area contributed by atoms with Gasteiger partial charge in [-0.15, -0.1) is 0 Å². The fraction of sp³-hybridized carbons (Fsp3) is 0.615. The maximum absolute atomic E-state index is 9.85. The molecule has 0 amide bonds. The first-order valence-corrected chi connectivity index (χ1v) is 6.09. The molecule has 1 fully saturated rings. The molecule has 0 aromatic carbocycles. The van der Waals surface area contributed by atoms with Crippen LogP contribution >= 0.6 is 0 Å². The highest BCUT2D eigenvalue weighted by Gasteiger charge is 2.27. The van der Waals surface area contributed by atoms with Crippen LogP contribution in [-0.2, 0) is 6.54 Å². The minimum Gasteiger partial charge on any atom is -0.390 e. The van der Waals surface area contributed by atoms with Crippen LogP contribution in [0.5, 0.6) is 0 Å². The van der Waals surface area contributed by atoms with Crippen LogP contribution in [-0.4, -0.2) is 46.3 Å². The highest BCUT2D eigenvalue weighted by molar-refractivity contribution is 5.08. The third-order valence-electron chi connectivity index (χ3n) is 3.03. The standard InChI is InChI=1S/C13H21N3O/c1-13(2)10-16(9-12(17)7-15-13)8-11-4-3-5-14-6-11/h3-6,12,15,17H,7-10H2,1-2H3. The Morgan fingerprint density at radius 3 is 3.12 bits per heavy atom. The molecule has 2 rings (SSSR count). The predicted molar refractivity (Wildman–Crippen MR) is 67.6 cm³/mol. The van der Waals surface area contributed by atoms with Crippen molar-refractivity contribution in [1.82, 2.24) is 15.2 Å². The van der Waals surface area contributed by atoms with E-state index >= 15 is 0 Å². The number of nitrogens with zero attached hydrogens (tertiary/aromatic N) is 2. The van der Waals surface area contributed by atoms with E-state index in [1.807, 2.05) is 12.3 Å². The molecule has 1 aromatic rings. The van der Waals surface area contributed by atoms with E-state index < -0.39 is 0 Å². The number of aliphatic hydroxyl groups excluding tert-OH is 1. The maximum atomic E-state index is 9.85. The number of hydrogen-bond acceptors (Lipinski definition) is 4. The molecule has 0 saturated carbocycles. The van der Waals surface area contributed by atoms with Gasteiger partial charge >= 0.3 is 0 Å². The lowest BCUT2D eigenvalue weighted by atomic mass is 10.1. The van der Waals surface area contributed by atoms with Gasteiger partial charge < -0.3 is 10.4 Å². The van der Waals surface area contributed by atoms with Crippen LogP contribution < -0.4 is 5.32 Å². The summed E-state index contributed by atoms with van der Waals surface area (Å²) in [6.07, 6.45) is 3.37. The summed E-state index contributed by atoms with van der Waals surface area (Å²) in [4.78, 5) is 6.40. The van der Waals surface area contributed by atoms with Gasteiger partial charge in [0.1, 0.15) is 0 Å². The van der Waals surface area contributed by atoms with Gasteiger partial charge in [-0.2, -0.15) is 0 Å². The molecule has 1 saturated heterocycles. The largest absolute Gasteiger partial charge is 0.390 e. The van der Waals surface area contributed by atoms with E-state index in [0.717, 1.165) is 13.1 Å². The Labute approximate surface area is 103 Å². The van der Waals surface area contributed by atoms with E-state index in [0.29, 0.717) is 13.1 Å². The van der Waals surface area contributed by atoms with Gasteiger partial charge in [0.2, 0.25) is 0 Å². The van der Waals surface area contributed by atoms with Crippen molar-refractivity contribution >= 4 is 0 Å². The van der Waals surface area contributed by atoms with Crippen molar-refractivity contribution in [2.45, 2.75) is 32.0 Å². The lowest BCUT2D eigenvalue weighted by Gasteiger charge is -2.29. The monoisotopic (exact) mass is 235 g/mol. The van der Waals surface area contributed by atoms with Gasteiger partial charge in [0.25, 0.3) is 0 Å². The molecule has 1 aliphatic rings. The molecule has 1 aliphatic heterocycles. The molecule has 1 aromatic heterocycles. The topological polar surface area (TPSA) is 48.4 Å². The van der Waals surface area contributed by atoms with E-state index in [9.17, 15) is 5.11 Å². The van der Waals surface area contributed by atoms with Gasteiger partial charge in [0, 0.05) is 44.1 Å². The van der Waals surface area contributed by atoms with Gasteiger partial charge in [-0.05, 0) is 25.5 Å². The van der Waals surface area contributed by atoms with Crippen molar-refractivity contribution < 1.29 is 5.11 Å². The second kappa shape index (κ2) is 5.12. The first-order chi connectivity index (χ1) is 8.05. The number of aromatic nitrogens is 1. The molecule has 2 heterocycles. The molecule has 0 bridgehead atoms. The summed E-state index contributed by atoms with van der Waals surface area (Å²) < 4.78 is 0. The Kier molecular flexibility index (Phi) is 3.76. The predicted octanol–water partition coefficient (Wildman–Crippen LogP) is 0.626. The Bertz CT molecular complexity index is 353. The molecule has 17 heavy (non-hydrogen) atoms. The number of rotatable bonds is 2. The van der Waals surface area contributed by atoms with Crippen molar-refractivity contribution in [1.29, 1.82) is 0 Å². The van der Waals surface area contributed by atoms with Crippen LogP contribution in [0.25, 0.3) is 0 Å².